The average molecular weight is 267 g/mol. The third kappa shape index (κ3) is 3.07. The maximum absolute atomic E-state index is 11.6. The van der Waals surface area contributed by atoms with Crippen LogP contribution in [0.1, 0.15) is 13.8 Å². The maximum Gasteiger partial charge on any atom is 0.244 e. The van der Waals surface area contributed by atoms with E-state index in [-0.39, 0.29) is 5.91 Å². The van der Waals surface area contributed by atoms with E-state index in [2.05, 4.69) is 21.2 Å². The SMILES string of the molecule is CC(C)(C#N)C(=O)Nc1cccc(Br)c1. The van der Waals surface area contributed by atoms with Gasteiger partial charge in [-0.2, -0.15) is 5.26 Å². The molecular formula is C11H11BrN2O. The monoisotopic (exact) mass is 266 g/mol. The standard InChI is InChI=1S/C11H11BrN2O/c1-11(2,7-13)10(15)14-9-5-3-4-8(12)6-9/h3-6H,1-2H3,(H,14,15). The minimum Gasteiger partial charge on any atom is -0.325 e. The Balaban J connectivity index is 2.81. The van der Waals surface area contributed by atoms with Crippen molar-refractivity contribution in [2.24, 2.45) is 5.41 Å². The van der Waals surface area contributed by atoms with E-state index in [0.717, 1.165) is 4.47 Å². The van der Waals surface area contributed by atoms with Crippen LogP contribution in [0.5, 0.6) is 0 Å². The van der Waals surface area contributed by atoms with Gasteiger partial charge < -0.3 is 5.32 Å². The Hall–Kier alpha value is -1.34. The van der Waals surface area contributed by atoms with Crippen molar-refractivity contribution in [2.75, 3.05) is 5.32 Å². The van der Waals surface area contributed by atoms with Crippen molar-refractivity contribution in [1.29, 1.82) is 5.26 Å². The summed E-state index contributed by atoms with van der Waals surface area (Å²) in [6.45, 7) is 3.17. The Morgan fingerprint density at radius 3 is 2.73 bits per heavy atom. The van der Waals surface area contributed by atoms with E-state index in [1.54, 1.807) is 26.0 Å². The van der Waals surface area contributed by atoms with Crippen LogP contribution in [0, 0.1) is 16.7 Å². The van der Waals surface area contributed by atoms with Gasteiger partial charge in [0.25, 0.3) is 0 Å². The van der Waals surface area contributed by atoms with E-state index in [4.69, 9.17) is 5.26 Å². The van der Waals surface area contributed by atoms with Crippen molar-refractivity contribution in [2.45, 2.75) is 13.8 Å². The van der Waals surface area contributed by atoms with Crippen LogP contribution in [0.3, 0.4) is 0 Å². The number of benzene rings is 1. The lowest BCUT2D eigenvalue weighted by Crippen LogP contribution is -2.29. The van der Waals surface area contributed by atoms with Crippen molar-refractivity contribution in [3.8, 4) is 6.07 Å². The van der Waals surface area contributed by atoms with E-state index in [1.807, 2.05) is 18.2 Å². The summed E-state index contributed by atoms with van der Waals surface area (Å²) in [5, 5.41) is 11.5. The number of rotatable bonds is 2. The number of nitrogens with one attached hydrogen (secondary N) is 1. The van der Waals surface area contributed by atoms with Crippen molar-refractivity contribution >= 4 is 27.5 Å². The molecule has 78 valence electrons. The predicted molar refractivity (Wildman–Crippen MR) is 62.2 cm³/mol. The van der Waals surface area contributed by atoms with E-state index < -0.39 is 5.41 Å². The van der Waals surface area contributed by atoms with Crippen LogP contribution in [0.2, 0.25) is 0 Å². The number of nitriles is 1. The zero-order chi connectivity index (χ0) is 11.5. The summed E-state index contributed by atoms with van der Waals surface area (Å²) in [4.78, 5) is 11.6. The first-order valence-corrected chi connectivity index (χ1v) is 5.23. The van der Waals surface area contributed by atoms with Gasteiger partial charge in [0.2, 0.25) is 5.91 Å². The van der Waals surface area contributed by atoms with Gasteiger partial charge in [0.1, 0.15) is 5.41 Å². The first kappa shape index (κ1) is 11.7. The fourth-order valence-electron chi connectivity index (χ4n) is 0.904. The van der Waals surface area contributed by atoms with Crippen molar-refractivity contribution in [1.82, 2.24) is 0 Å². The third-order valence-electron chi connectivity index (χ3n) is 1.93. The highest BCUT2D eigenvalue weighted by atomic mass is 79.9. The van der Waals surface area contributed by atoms with Crippen molar-refractivity contribution < 1.29 is 4.79 Å². The molecule has 0 saturated carbocycles. The number of halogens is 1. The number of carbonyl (C=O) groups is 1. The fraction of sp³-hybridized carbons (Fsp3) is 0.273. The molecule has 0 radical (unpaired) electrons. The van der Waals surface area contributed by atoms with Crippen LogP contribution in [-0.4, -0.2) is 5.91 Å². The van der Waals surface area contributed by atoms with Crippen LogP contribution in [0.15, 0.2) is 28.7 Å². The Kier molecular flexibility index (Phi) is 3.48. The highest BCUT2D eigenvalue weighted by Crippen LogP contribution is 2.19. The summed E-state index contributed by atoms with van der Waals surface area (Å²) in [6, 6.07) is 9.19. The predicted octanol–water partition coefficient (Wildman–Crippen LogP) is 2.94. The van der Waals surface area contributed by atoms with E-state index in [0.29, 0.717) is 5.69 Å². The molecule has 0 heterocycles. The largest absolute Gasteiger partial charge is 0.325 e. The van der Waals surface area contributed by atoms with Crippen LogP contribution >= 0.6 is 15.9 Å². The molecule has 0 aliphatic heterocycles. The first-order chi connectivity index (χ1) is 6.95. The molecule has 0 fully saturated rings. The number of carbonyl (C=O) groups excluding carboxylic acids is 1. The maximum atomic E-state index is 11.6. The highest BCUT2D eigenvalue weighted by molar-refractivity contribution is 9.10. The first-order valence-electron chi connectivity index (χ1n) is 4.44. The number of amides is 1. The lowest BCUT2D eigenvalue weighted by atomic mass is 9.95. The summed E-state index contributed by atoms with van der Waals surface area (Å²) in [5.41, 5.74) is -0.333. The Morgan fingerprint density at radius 1 is 1.53 bits per heavy atom. The normalized spacial score (nSPS) is 10.5. The van der Waals surface area contributed by atoms with Crippen LogP contribution in [0.25, 0.3) is 0 Å². The van der Waals surface area contributed by atoms with Crippen molar-refractivity contribution in [3.63, 3.8) is 0 Å². The quantitative estimate of drug-likeness (QED) is 0.895. The fourth-order valence-corrected chi connectivity index (χ4v) is 1.30. The van der Waals surface area contributed by atoms with Gasteiger partial charge in [0.15, 0.2) is 0 Å². The second kappa shape index (κ2) is 4.45. The van der Waals surface area contributed by atoms with Gasteiger partial charge in [-0.05, 0) is 32.0 Å². The molecule has 1 amide bonds. The average Bonchev–Trinajstić information content (AvgIpc) is 2.17. The molecule has 1 rings (SSSR count). The molecule has 4 heteroatoms. The molecule has 0 aromatic heterocycles. The molecule has 1 aromatic carbocycles. The molecule has 0 saturated heterocycles. The second-order valence-electron chi connectivity index (χ2n) is 3.70. The Morgan fingerprint density at radius 2 is 2.20 bits per heavy atom. The number of nitrogens with zero attached hydrogens (tertiary/aromatic N) is 1. The molecule has 0 unspecified atom stereocenters. The molecule has 0 aliphatic rings. The molecular weight excluding hydrogens is 256 g/mol. The minimum atomic E-state index is -1.01. The summed E-state index contributed by atoms with van der Waals surface area (Å²) in [5.74, 6) is -0.303. The molecule has 1 aromatic rings. The molecule has 0 aliphatic carbocycles. The lowest BCUT2D eigenvalue weighted by molar-refractivity contribution is -0.121. The zero-order valence-electron chi connectivity index (χ0n) is 8.54. The van der Waals surface area contributed by atoms with Gasteiger partial charge >= 0.3 is 0 Å². The third-order valence-corrected chi connectivity index (χ3v) is 2.42. The smallest absolute Gasteiger partial charge is 0.244 e. The summed E-state index contributed by atoms with van der Waals surface area (Å²) in [6.07, 6.45) is 0. The van der Waals surface area contributed by atoms with Crippen LogP contribution < -0.4 is 5.32 Å². The summed E-state index contributed by atoms with van der Waals surface area (Å²) < 4.78 is 0.884. The molecule has 0 bridgehead atoms. The Labute approximate surface area is 97.2 Å². The molecule has 0 spiro atoms. The van der Waals surface area contributed by atoms with Gasteiger partial charge in [-0.1, -0.05) is 22.0 Å². The number of anilines is 1. The Bertz CT molecular complexity index is 421. The number of hydrogen-bond donors (Lipinski definition) is 1. The zero-order valence-corrected chi connectivity index (χ0v) is 10.1. The van der Waals surface area contributed by atoms with Crippen molar-refractivity contribution in [3.05, 3.63) is 28.7 Å². The van der Waals surface area contributed by atoms with E-state index in [9.17, 15) is 4.79 Å². The van der Waals surface area contributed by atoms with Gasteiger partial charge in [-0.25, -0.2) is 0 Å². The van der Waals surface area contributed by atoms with Gasteiger partial charge in [0, 0.05) is 10.2 Å². The minimum absolute atomic E-state index is 0.303. The number of hydrogen-bond acceptors (Lipinski definition) is 2. The van der Waals surface area contributed by atoms with Gasteiger partial charge in [0.05, 0.1) is 6.07 Å². The summed E-state index contributed by atoms with van der Waals surface area (Å²) in [7, 11) is 0. The highest BCUT2D eigenvalue weighted by Gasteiger charge is 2.27. The van der Waals surface area contributed by atoms with E-state index in [1.165, 1.54) is 0 Å². The lowest BCUT2D eigenvalue weighted by Gasteiger charge is -2.14. The topological polar surface area (TPSA) is 52.9 Å². The van der Waals surface area contributed by atoms with E-state index >= 15 is 0 Å². The second-order valence-corrected chi connectivity index (χ2v) is 4.62. The molecule has 1 N–H and O–H groups in total. The molecule has 15 heavy (non-hydrogen) atoms. The molecule has 0 atom stereocenters. The summed E-state index contributed by atoms with van der Waals surface area (Å²) >= 11 is 3.30. The van der Waals surface area contributed by atoms with Gasteiger partial charge in [-0.3, -0.25) is 4.79 Å². The van der Waals surface area contributed by atoms with Crippen LogP contribution in [0.4, 0.5) is 5.69 Å². The van der Waals surface area contributed by atoms with Gasteiger partial charge in [-0.15, -0.1) is 0 Å². The van der Waals surface area contributed by atoms with Crippen LogP contribution in [-0.2, 0) is 4.79 Å². The molecule has 3 nitrogen and oxygen atoms in total.